The highest BCUT2D eigenvalue weighted by molar-refractivity contribution is 7.99. The number of aromatic nitrogens is 4. The molecule has 172 valence electrons. The molecule has 13 heteroatoms. The van der Waals surface area contributed by atoms with Gasteiger partial charge >= 0.3 is 12.1 Å². The topological polar surface area (TPSA) is 136 Å². The van der Waals surface area contributed by atoms with Crippen LogP contribution in [0.5, 0.6) is 0 Å². The van der Waals surface area contributed by atoms with E-state index in [9.17, 15) is 14.4 Å². The third-order valence-corrected chi connectivity index (χ3v) is 5.68. The molecule has 0 bridgehead atoms. The van der Waals surface area contributed by atoms with Crippen molar-refractivity contribution in [1.29, 1.82) is 0 Å². The Morgan fingerprint density at radius 3 is 2.64 bits per heavy atom. The van der Waals surface area contributed by atoms with Crippen LogP contribution in [0.15, 0.2) is 58.6 Å². The van der Waals surface area contributed by atoms with Gasteiger partial charge in [0.2, 0.25) is 5.16 Å². The summed E-state index contributed by atoms with van der Waals surface area (Å²) in [7, 11) is 0. The lowest BCUT2D eigenvalue weighted by atomic mass is 10.1. The van der Waals surface area contributed by atoms with Crippen molar-refractivity contribution in [3.05, 3.63) is 64.1 Å². The summed E-state index contributed by atoms with van der Waals surface area (Å²) >= 11 is 13.2. The Hall–Kier alpha value is -3.15. The molecule has 0 saturated heterocycles. The first-order chi connectivity index (χ1) is 15.8. The molecule has 1 aromatic heterocycles. The number of hydrogen-bond acceptors (Lipinski definition) is 8. The smallest absolute Gasteiger partial charge is 0.408 e. The van der Waals surface area contributed by atoms with Crippen molar-refractivity contribution in [3.8, 4) is 0 Å². The van der Waals surface area contributed by atoms with Gasteiger partial charge in [-0.25, -0.2) is 4.79 Å². The van der Waals surface area contributed by atoms with E-state index in [0.717, 1.165) is 22.1 Å². The fourth-order valence-electron chi connectivity index (χ4n) is 2.57. The number of ether oxygens (including phenoxy) is 1. The predicted molar refractivity (Wildman–Crippen MR) is 119 cm³/mol. The fourth-order valence-corrected chi connectivity index (χ4v) is 3.80. The highest BCUT2D eigenvalue weighted by atomic mass is 35.5. The molecule has 0 saturated carbocycles. The Kier molecular flexibility index (Phi) is 8.64. The van der Waals surface area contributed by atoms with Crippen LogP contribution in [0.2, 0.25) is 10.0 Å². The van der Waals surface area contributed by atoms with Crippen molar-refractivity contribution in [2.24, 2.45) is 0 Å². The molecule has 0 fully saturated rings. The highest BCUT2D eigenvalue weighted by Gasteiger charge is 2.25. The minimum atomic E-state index is -1.34. The highest BCUT2D eigenvalue weighted by Crippen LogP contribution is 2.32. The van der Waals surface area contributed by atoms with Gasteiger partial charge in [-0.05, 0) is 40.7 Å². The van der Waals surface area contributed by atoms with Gasteiger partial charge < -0.3 is 15.2 Å². The third kappa shape index (κ3) is 7.74. The molecule has 33 heavy (non-hydrogen) atoms. The molecular weight excluding hydrogens is 493 g/mol. The zero-order valence-corrected chi connectivity index (χ0v) is 19.2. The van der Waals surface area contributed by atoms with E-state index in [0.29, 0.717) is 14.9 Å². The number of ketones is 1. The van der Waals surface area contributed by atoms with Crippen LogP contribution in [0.1, 0.15) is 12.0 Å². The first-order valence-corrected chi connectivity index (χ1v) is 11.0. The largest absolute Gasteiger partial charge is 0.481 e. The van der Waals surface area contributed by atoms with Crippen molar-refractivity contribution in [3.63, 3.8) is 0 Å². The van der Waals surface area contributed by atoms with Crippen molar-refractivity contribution in [2.75, 3.05) is 0 Å². The number of rotatable bonds is 10. The molecule has 3 rings (SSSR count). The summed E-state index contributed by atoms with van der Waals surface area (Å²) in [5.74, 6) is -1.90. The Labute approximate surface area is 202 Å². The Morgan fingerprint density at radius 1 is 1.15 bits per heavy atom. The zero-order chi connectivity index (χ0) is 23.8. The van der Waals surface area contributed by atoms with Crippen LogP contribution in [0.4, 0.5) is 4.79 Å². The maximum atomic E-state index is 12.6. The third-order valence-electron chi connectivity index (χ3n) is 4.10. The van der Waals surface area contributed by atoms with Crippen molar-refractivity contribution < 1.29 is 24.2 Å². The molecule has 2 aromatic carbocycles. The summed E-state index contributed by atoms with van der Waals surface area (Å²) in [6.45, 7) is -0.439. The summed E-state index contributed by atoms with van der Waals surface area (Å²) in [6.07, 6.45) is -1.55. The molecule has 1 heterocycles. The standard InChI is InChI=1S/C20H17Cl2N5O5S/c21-13-6-7-14(22)17(8-13)33-19-24-26-27(25-19)10-16(28)15(9-18(29)30)23-20(31)32-11-12-4-2-1-3-5-12/h1-8,15H,9-11H2,(H,23,31)(H,29,30). The Morgan fingerprint density at radius 2 is 1.91 bits per heavy atom. The number of tetrazole rings is 1. The van der Waals surface area contributed by atoms with Gasteiger partial charge in [0.1, 0.15) is 19.2 Å². The molecule has 0 spiro atoms. The molecule has 0 aliphatic heterocycles. The number of carbonyl (C=O) groups is 3. The van der Waals surface area contributed by atoms with E-state index < -0.39 is 36.9 Å². The number of aliphatic carboxylic acids is 1. The number of carboxylic acid groups (broad SMARTS) is 1. The predicted octanol–water partition coefficient (Wildman–Crippen LogP) is 3.47. The number of Topliss-reactive ketones (excluding diaryl/α,β-unsaturated/α-hetero) is 1. The molecule has 0 aliphatic rings. The SMILES string of the molecule is O=C(O)CC(NC(=O)OCc1ccccc1)C(=O)Cn1nnc(Sc2cc(Cl)ccc2Cl)n1. The van der Waals surface area contributed by atoms with E-state index in [-0.39, 0.29) is 11.8 Å². The van der Waals surface area contributed by atoms with Crippen molar-refractivity contribution in [1.82, 2.24) is 25.5 Å². The van der Waals surface area contributed by atoms with Gasteiger partial charge in [0.15, 0.2) is 5.78 Å². The first kappa shape index (κ1) is 24.5. The molecule has 3 aromatic rings. The number of alkyl carbamates (subject to hydrolysis) is 1. The Bertz CT molecular complexity index is 1140. The molecule has 1 amide bonds. The lowest BCUT2D eigenvalue weighted by Gasteiger charge is -2.15. The van der Waals surface area contributed by atoms with Crippen LogP contribution in [0.25, 0.3) is 0 Å². The molecule has 1 atom stereocenters. The van der Waals surface area contributed by atoms with Gasteiger partial charge in [0.25, 0.3) is 0 Å². The second-order valence-corrected chi connectivity index (χ2v) is 8.45. The molecule has 0 radical (unpaired) electrons. The zero-order valence-electron chi connectivity index (χ0n) is 16.9. The molecule has 0 aliphatic carbocycles. The van der Waals surface area contributed by atoms with Crippen LogP contribution >= 0.6 is 35.0 Å². The Balaban J connectivity index is 1.59. The quantitative estimate of drug-likeness (QED) is 0.420. The van der Waals surface area contributed by atoms with E-state index in [4.69, 9.17) is 33.0 Å². The molecule has 10 nitrogen and oxygen atoms in total. The van der Waals surface area contributed by atoms with E-state index in [1.54, 1.807) is 42.5 Å². The van der Waals surface area contributed by atoms with Gasteiger partial charge in [0.05, 0.1) is 11.4 Å². The van der Waals surface area contributed by atoms with Crippen LogP contribution in [0, 0.1) is 0 Å². The summed E-state index contributed by atoms with van der Waals surface area (Å²) in [6, 6.07) is 12.5. The van der Waals surface area contributed by atoms with Crippen LogP contribution in [-0.2, 0) is 27.5 Å². The van der Waals surface area contributed by atoms with Crippen molar-refractivity contribution >= 4 is 52.8 Å². The monoisotopic (exact) mass is 509 g/mol. The number of benzene rings is 2. The summed E-state index contributed by atoms with van der Waals surface area (Å²) < 4.78 is 5.06. The van der Waals surface area contributed by atoms with E-state index in [2.05, 4.69) is 20.7 Å². The average Bonchev–Trinajstić information content (AvgIpc) is 3.21. The summed E-state index contributed by atoms with van der Waals surface area (Å²) in [5, 5.41) is 24.2. The maximum Gasteiger partial charge on any atom is 0.408 e. The maximum absolute atomic E-state index is 12.6. The lowest BCUT2D eigenvalue weighted by molar-refractivity contribution is -0.139. The second kappa shape index (κ2) is 11.6. The number of carbonyl (C=O) groups excluding carboxylic acids is 2. The van der Waals surface area contributed by atoms with Gasteiger partial charge in [-0.1, -0.05) is 53.5 Å². The van der Waals surface area contributed by atoms with Crippen LogP contribution < -0.4 is 5.32 Å². The van der Waals surface area contributed by atoms with Crippen LogP contribution in [0.3, 0.4) is 0 Å². The lowest BCUT2D eigenvalue weighted by Crippen LogP contribution is -2.44. The van der Waals surface area contributed by atoms with Gasteiger partial charge in [-0.2, -0.15) is 4.80 Å². The minimum Gasteiger partial charge on any atom is -0.481 e. The van der Waals surface area contributed by atoms with E-state index in [1.807, 2.05) is 6.07 Å². The summed E-state index contributed by atoms with van der Waals surface area (Å²) in [5.41, 5.74) is 0.741. The second-order valence-electron chi connectivity index (χ2n) is 6.60. The molecule has 1 unspecified atom stereocenters. The van der Waals surface area contributed by atoms with Crippen molar-refractivity contribution in [2.45, 2.75) is 35.7 Å². The fraction of sp³-hybridized carbons (Fsp3) is 0.200. The number of amides is 1. The van der Waals surface area contributed by atoms with E-state index >= 15 is 0 Å². The minimum absolute atomic E-state index is 0.0298. The summed E-state index contributed by atoms with van der Waals surface area (Å²) in [4.78, 5) is 37.5. The van der Waals surface area contributed by atoms with E-state index in [1.165, 1.54) is 0 Å². The first-order valence-electron chi connectivity index (χ1n) is 9.42. The van der Waals surface area contributed by atoms with Crippen LogP contribution in [-0.4, -0.2) is 49.2 Å². The van der Waals surface area contributed by atoms with Gasteiger partial charge in [-0.3, -0.25) is 9.59 Å². The number of hydrogen-bond donors (Lipinski definition) is 2. The molecule has 2 N–H and O–H groups in total. The number of nitrogens with zero attached hydrogens (tertiary/aromatic N) is 4. The van der Waals surface area contributed by atoms with Gasteiger partial charge in [-0.15, -0.1) is 10.2 Å². The van der Waals surface area contributed by atoms with Gasteiger partial charge in [0, 0.05) is 9.92 Å². The average molecular weight is 510 g/mol. The number of halogens is 2. The normalized spacial score (nSPS) is 11.6. The number of carboxylic acids is 1. The molecular formula is C20H17Cl2N5O5S. The number of nitrogens with one attached hydrogen (secondary N) is 1.